The summed E-state index contributed by atoms with van der Waals surface area (Å²) in [6, 6.07) is 4.66. The van der Waals surface area contributed by atoms with Crippen molar-refractivity contribution in [1.29, 1.82) is 0 Å². The fraction of sp³-hybridized carbons (Fsp3) is 0.462. The minimum atomic E-state index is -0.547. The first-order valence-corrected chi connectivity index (χ1v) is 6.09. The van der Waals surface area contributed by atoms with Crippen molar-refractivity contribution < 1.29 is 15.0 Å². The normalized spacial score (nSPS) is 17.6. The summed E-state index contributed by atoms with van der Waals surface area (Å²) in [6.07, 6.45) is 3.50. The standard InChI is InChI=1S/C13H18N2O3/c14-10-5-3-4-9(11(10)17)12(18)15-13(8-16)6-1-2-7-13/h3-5,16-17H,1-2,6-8,14H2,(H,15,18). The molecule has 0 saturated heterocycles. The Labute approximate surface area is 106 Å². The number of amides is 1. The number of phenolic OH excluding ortho intramolecular Hbond substituents is 1. The van der Waals surface area contributed by atoms with E-state index < -0.39 is 11.4 Å². The molecule has 5 N–H and O–H groups in total. The van der Waals surface area contributed by atoms with Crippen LogP contribution < -0.4 is 11.1 Å². The van der Waals surface area contributed by atoms with Crippen LogP contribution in [0.2, 0.25) is 0 Å². The van der Waals surface area contributed by atoms with E-state index in [0.29, 0.717) is 0 Å². The second-order valence-corrected chi connectivity index (χ2v) is 4.84. The Bertz CT molecular complexity index is 454. The number of rotatable bonds is 3. The fourth-order valence-corrected chi connectivity index (χ4v) is 2.43. The van der Waals surface area contributed by atoms with Crippen LogP contribution in [0, 0.1) is 0 Å². The number of aliphatic hydroxyl groups is 1. The van der Waals surface area contributed by atoms with E-state index in [4.69, 9.17) is 5.73 Å². The molecule has 18 heavy (non-hydrogen) atoms. The molecule has 1 fully saturated rings. The molecule has 5 heteroatoms. The molecule has 0 bridgehead atoms. The van der Waals surface area contributed by atoms with Crippen LogP contribution >= 0.6 is 0 Å². The van der Waals surface area contributed by atoms with Crippen LogP contribution in [0.3, 0.4) is 0 Å². The summed E-state index contributed by atoms with van der Waals surface area (Å²) in [5, 5.41) is 22.0. The monoisotopic (exact) mass is 250 g/mol. The Morgan fingerprint density at radius 1 is 1.39 bits per heavy atom. The molecule has 1 aromatic rings. The summed E-state index contributed by atoms with van der Waals surface area (Å²) in [6.45, 7) is -0.0815. The SMILES string of the molecule is Nc1cccc(C(=O)NC2(CO)CCCC2)c1O. The molecular formula is C13H18N2O3. The van der Waals surface area contributed by atoms with E-state index >= 15 is 0 Å². The van der Waals surface area contributed by atoms with Gasteiger partial charge in [0.15, 0.2) is 5.75 Å². The summed E-state index contributed by atoms with van der Waals surface area (Å²) in [5.74, 6) is -0.600. The van der Waals surface area contributed by atoms with E-state index in [9.17, 15) is 15.0 Å². The number of hydrogen-bond acceptors (Lipinski definition) is 4. The van der Waals surface area contributed by atoms with E-state index in [1.54, 1.807) is 6.07 Å². The second kappa shape index (κ2) is 4.86. The van der Waals surface area contributed by atoms with E-state index in [1.807, 2.05) is 0 Å². The maximum atomic E-state index is 12.1. The van der Waals surface area contributed by atoms with Gasteiger partial charge in [0.25, 0.3) is 5.91 Å². The van der Waals surface area contributed by atoms with E-state index in [-0.39, 0.29) is 23.6 Å². The van der Waals surface area contributed by atoms with Crippen molar-refractivity contribution in [3.63, 3.8) is 0 Å². The highest BCUT2D eigenvalue weighted by molar-refractivity contribution is 5.98. The number of aliphatic hydroxyl groups excluding tert-OH is 1. The van der Waals surface area contributed by atoms with Crippen molar-refractivity contribution in [2.75, 3.05) is 12.3 Å². The van der Waals surface area contributed by atoms with Crippen LogP contribution in [0.5, 0.6) is 5.75 Å². The average molecular weight is 250 g/mol. The minimum Gasteiger partial charge on any atom is -0.505 e. The predicted molar refractivity (Wildman–Crippen MR) is 68.3 cm³/mol. The summed E-state index contributed by atoms with van der Waals surface area (Å²) in [5.41, 5.74) is 5.33. The number of anilines is 1. The molecule has 0 heterocycles. The number of benzene rings is 1. The third-order valence-corrected chi connectivity index (χ3v) is 3.55. The lowest BCUT2D eigenvalue weighted by Crippen LogP contribution is -2.49. The van der Waals surface area contributed by atoms with Crippen molar-refractivity contribution >= 4 is 11.6 Å². The zero-order chi connectivity index (χ0) is 13.2. The molecule has 1 amide bonds. The van der Waals surface area contributed by atoms with Crippen LogP contribution in [0.25, 0.3) is 0 Å². The number of nitrogens with one attached hydrogen (secondary N) is 1. The Balaban J connectivity index is 2.19. The topological polar surface area (TPSA) is 95.6 Å². The number of carbonyl (C=O) groups excluding carboxylic acids is 1. The Hall–Kier alpha value is -1.75. The Kier molecular flexibility index (Phi) is 3.43. The zero-order valence-corrected chi connectivity index (χ0v) is 10.1. The smallest absolute Gasteiger partial charge is 0.255 e. The predicted octanol–water partition coefficient (Wildman–Crippen LogP) is 1.01. The molecule has 0 aliphatic heterocycles. The van der Waals surface area contributed by atoms with Crippen molar-refractivity contribution in [3.8, 4) is 5.75 Å². The van der Waals surface area contributed by atoms with E-state index in [2.05, 4.69) is 5.32 Å². The van der Waals surface area contributed by atoms with Crippen LogP contribution in [-0.2, 0) is 0 Å². The number of aromatic hydroxyl groups is 1. The zero-order valence-electron chi connectivity index (χ0n) is 10.1. The van der Waals surface area contributed by atoms with Gasteiger partial charge in [0.05, 0.1) is 23.4 Å². The lowest BCUT2D eigenvalue weighted by atomic mass is 9.98. The number of phenols is 1. The summed E-state index contributed by atoms with van der Waals surface area (Å²) < 4.78 is 0. The molecule has 1 aliphatic rings. The molecule has 0 aromatic heterocycles. The maximum Gasteiger partial charge on any atom is 0.255 e. The van der Waals surface area contributed by atoms with Crippen molar-refractivity contribution in [2.24, 2.45) is 0 Å². The van der Waals surface area contributed by atoms with Gasteiger partial charge in [-0.3, -0.25) is 4.79 Å². The molecule has 5 nitrogen and oxygen atoms in total. The number of hydrogen-bond donors (Lipinski definition) is 4. The molecule has 98 valence electrons. The molecule has 0 radical (unpaired) electrons. The quantitative estimate of drug-likeness (QED) is 0.475. The van der Waals surface area contributed by atoms with Crippen molar-refractivity contribution in [2.45, 2.75) is 31.2 Å². The summed E-state index contributed by atoms with van der Waals surface area (Å²) in [4.78, 5) is 12.1. The van der Waals surface area contributed by atoms with Gasteiger partial charge in [-0.25, -0.2) is 0 Å². The summed E-state index contributed by atoms with van der Waals surface area (Å²) >= 11 is 0. The highest BCUT2D eigenvalue weighted by Gasteiger charge is 2.35. The molecule has 2 rings (SSSR count). The Morgan fingerprint density at radius 3 is 2.67 bits per heavy atom. The lowest BCUT2D eigenvalue weighted by Gasteiger charge is -2.28. The van der Waals surface area contributed by atoms with E-state index in [0.717, 1.165) is 25.7 Å². The van der Waals surface area contributed by atoms with Gasteiger partial charge in [0, 0.05) is 0 Å². The number of para-hydroxylation sites is 1. The van der Waals surface area contributed by atoms with E-state index in [1.165, 1.54) is 12.1 Å². The number of carbonyl (C=O) groups is 1. The van der Waals surface area contributed by atoms with Gasteiger partial charge in [-0.2, -0.15) is 0 Å². The maximum absolute atomic E-state index is 12.1. The first kappa shape index (κ1) is 12.7. The Morgan fingerprint density at radius 2 is 2.06 bits per heavy atom. The van der Waals surface area contributed by atoms with Gasteiger partial charge < -0.3 is 21.3 Å². The summed E-state index contributed by atoms with van der Waals surface area (Å²) in [7, 11) is 0. The third kappa shape index (κ3) is 2.26. The van der Waals surface area contributed by atoms with Crippen LogP contribution in [0.4, 0.5) is 5.69 Å². The molecule has 1 aromatic carbocycles. The molecule has 0 atom stereocenters. The highest BCUT2D eigenvalue weighted by atomic mass is 16.3. The second-order valence-electron chi connectivity index (χ2n) is 4.84. The lowest BCUT2D eigenvalue weighted by molar-refractivity contribution is 0.0836. The fourth-order valence-electron chi connectivity index (χ4n) is 2.43. The van der Waals surface area contributed by atoms with Crippen molar-refractivity contribution in [3.05, 3.63) is 23.8 Å². The van der Waals surface area contributed by atoms with Gasteiger partial charge >= 0.3 is 0 Å². The molecule has 1 aliphatic carbocycles. The minimum absolute atomic E-state index is 0.0815. The molecule has 0 spiro atoms. The van der Waals surface area contributed by atoms with Gasteiger partial charge in [-0.1, -0.05) is 18.9 Å². The molecular weight excluding hydrogens is 232 g/mol. The van der Waals surface area contributed by atoms with Gasteiger partial charge in [0.2, 0.25) is 0 Å². The van der Waals surface area contributed by atoms with Crippen LogP contribution in [-0.4, -0.2) is 28.3 Å². The molecule has 1 saturated carbocycles. The number of nitrogen functional groups attached to an aromatic ring is 1. The third-order valence-electron chi connectivity index (χ3n) is 3.55. The van der Waals surface area contributed by atoms with Gasteiger partial charge in [-0.05, 0) is 25.0 Å². The average Bonchev–Trinajstić information content (AvgIpc) is 2.81. The first-order chi connectivity index (χ1) is 8.58. The van der Waals surface area contributed by atoms with Gasteiger partial charge in [0.1, 0.15) is 0 Å². The number of nitrogens with two attached hydrogens (primary N) is 1. The van der Waals surface area contributed by atoms with Crippen LogP contribution in [0.15, 0.2) is 18.2 Å². The van der Waals surface area contributed by atoms with Crippen molar-refractivity contribution in [1.82, 2.24) is 5.32 Å². The largest absolute Gasteiger partial charge is 0.505 e. The highest BCUT2D eigenvalue weighted by Crippen LogP contribution is 2.31. The van der Waals surface area contributed by atoms with Gasteiger partial charge in [-0.15, -0.1) is 0 Å². The van der Waals surface area contributed by atoms with Crippen LogP contribution in [0.1, 0.15) is 36.0 Å². The molecule has 0 unspecified atom stereocenters. The first-order valence-electron chi connectivity index (χ1n) is 6.09.